The maximum absolute atomic E-state index is 5.90. The summed E-state index contributed by atoms with van der Waals surface area (Å²) in [6, 6.07) is 14.2. The first kappa shape index (κ1) is 12.5. The average Bonchev–Trinajstić information content (AvgIpc) is 2.28. The Balaban J connectivity index is 2.07. The van der Waals surface area contributed by atoms with Gasteiger partial charge in [-0.3, -0.25) is 0 Å². The monoisotopic (exact) mass is 309 g/mol. The lowest BCUT2D eigenvalue weighted by Gasteiger charge is -2.09. The van der Waals surface area contributed by atoms with E-state index >= 15 is 0 Å². The van der Waals surface area contributed by atoms with Crippen LogP contribution in [0.2, 0.25) is 5.02 Å². The van der Waals surface area contributed by atoms with E-state index in [0.29, 0.717) is 0 Å². The van der Waals surface area contributed by atoms with Gasteiger partial charge >= 0.3 is 0 Å². The molecule has 0 aliphatic carbocycles. The number of benzene rings is 2. The molecule has 17 heavy (non-hydrogen) atoms. The van der Waals surface area contributed by atoms with Crippen LogP contribution in [0.15, 0.2) is 46.9 Å². The third-order valence-electron chi connectivity index (χ3n) is 2.50. The number of anilines is 1. The van der Waals surface area contributed by atoms with Gasteiger partial charge in [-0.1, -0.05) is 41.4 Å². The molecule has 3 heteroatoms. The standard InChI is InChI=1S/C14H13BrClN/c1-10-3-2-4-11(7-10)9-17-14-6-5-12(16)8-13(14)15/h2-8,17H,9H2,1H3. The molecule has 0 fully saturated rings. The fourth-order valence-electron chi connectivity index (χ4n) is 1.65. The Morgan fingerprint density at radius 2 is 2.00 bits per heavy atom. The minimum absolute atomic E-state index is 0.734. The second-order valence-electron chi connectivity index (χ2n) is 3.97. The molecular formula is C14H13BrClN. The SMILES string of the molecule is Cc1cccc(CNc2ccc(Cl)cc2Br)c1. The van der Waals surface area contributed by atoms with E-state index < -0.39 is 0 Å². The second-order valence-corrected chi connectivity index (χ2v) is 5.26. The summed E-state index contributed by atoms with van der Waals surface area (Å²) in [4.78, 5) is 0. The summed E-state index contributed by atoms with van der Waals surface area (Å²) in [5.41, 5.74) is 3.60. The van der Waals surface area contributed by atoms with Crippen molar-refractivity contribution in [3.05, 3.63) is 63.1 Å². The fraction of sp³-hybridized carbons (Fsp3) is 0.143. The first-order valence-corrected chi connectivity index (χ1v) is 6.57. The number of hydrogen-bond acceptors (Lipinski definition) is 1. The van der Waals surface area contributed by atoms with Crippen molar-refractivity contribution in [3.63, 3.8) is 0 Å². The highest BCUT2D eigenvalue weighted by atomic mass is 79.9. The molecule has 88 valence electrons. The van der Waals surface area contributed by atoms with Gasteiger partial charge in [0, 0.05) is 21.7 Å². The van der Waals surface area contributed by atoms with Gasteiger partial charge < -0.3 is 5.32 Å². The molecule has 0 bridgehead atoms. The summed E-state index contributed by atoms with van der Waals surface area (Å²) < 4.78 is 0.984. The molecule has 0 aliphatic rings. The van der Waals surface area contributed by atoms with Crippen molar-refractivity contribution in [1.29, 1.82) is 0 Å². The molecule has 0 unspecified atom stereocenters. The van der Waals surface area contributed by atoms with E-state index in [0.717, 1.165) is 21.7 Å². The zero-order valence-corrected chi connectivity index (χ0v) is 11.8. The first-order chi connectivity index (χ1) is 8.15. The van der Waals surface area contributed by atoms with Crippen LogP contribution in [0.4, 0.5) is 5.69 Å². The third-order valence-corrected chi connectivity index (χ3v) is 3.39. The predicted octanol–water partition coefficient (Wildman–Crippen LogP) is 5.02. The Bertz CT molecular complexity index is 525. The summed E-state index contributed by atoms with van der Waals surface area (Å²) in [5.74, 6) is 0. The van der Waals surface area contributed by atoms with E-state index in [4.69, 9.17) is 11.6 Å². The number of hydrogen-bond donors (Lipinski definition) is 1. The van der Waals surface area contributed by atoms with Gasteiger partial charge in [0.2, 0.25) is 0 Å². The van der Waals surface area contributed by atoms with Gasteiger partial charge in [0.05, 0.1) is 0 Å². The minimum atomic E-state index is 0.734. The minimum Gasteiger partial charge on any atom is -0.380 e. The van der Waals surface area contributed by atoms with Crippen LogP contribution in [0.25, 0.3) is 0 Å². The van der Waals surface area contributed by atoms with Gasteiger partial charge in [0.25, 0.3) is 0 Å². The zero-order valence-electron chi connectivity index (χ0n) is 9.50. The Labute approximate surface area is 115 Å². The highest BCUT2D eigenvalue weighted by Crippen LogP contribution is 2.26. The molecule has 0 amide bonds. The summed E-state index contributed by atoms with van der Waals surface area (Å²) in [6.45, 7) is 2.91. The summed E-state index contributed by atoms with van der Waals surface area (Å²) in [5, 5.41) is 4.11. The summed E-state index contributed by atoms with van der Waals surface area (Å²) in [7, 11) is 0. The molecule has 0 heterocycles. The van der Waals surface area contributed by atoms with Gasteiger partial charge in [-0.2, -0.15) is 0 Å². The first-order valence-electron chi connectivity index (χ1n) is 5.39. The quantitative estimate of drug-likeness (QED) is 0.839. The summed E-state index contributed by atoms with van der Waals surface area (Å²) >= 11 is 9.39. The van der Waals surface area contributed by atoms with Gasteiger partial charge in [0.1, 0.15) is 0 Å². The van der Waals surface area contributed by atoms with Crippen LogP contribution in [-0.4, -0.2) is 0 Å². The van der Waals surface area contributed by atoms with E-state index in [2.05, 4.69) is 52.4 Å². The van der Waals surface area contributed by atoms with Crippen molar-refractivity contribution in [1.82, 2.24) is 0 Å². The smallest absolute Gasteiger partial charge is 0.0488 e. The lowest BCUT2D eigenvalue weighted by atomic mass is 10.1. The number of nitrogens with one attached hydrogen (secondary N) is 1. The van der Waals surface area contributed by atoms with Crippen LogP contribution in [-0.2, 0) is 6.54 Å². The van der Waals surface area contributed by atoms with Crippen LogP contribution in [0, 0.1) is 6.92 Å². The predicted molar refractivity (Wildman–Crippen MR) is 77.7 cm³/mol. The maximum Gasteiger partial charge on any atom is 0.0488 e. The molecule has 0 spiro atoms. The van der Waals surface area contributed by atoms with E-state index in [1.54, 1.807) is 0 Å². The molecular weight excluding hydrogens is 298 g/mol. The van der Waals surface area contributed by atoms with Gasteiger partial charge in [-0.15, -0.1) is 0 Å². The Morgan fingerprint density at radius 1 is 1.18 bits per heavy atom. The molecule has 2 rings (SSSR count). The maximum atomic E-state index is 5.90. The molecule has 1 N–H and O–H groups in total. The zero-order chi connectivity index (χ0) is 12.3. The van der Waals surface area contributed by atoms with Crippen LogP contribution < -0.4 is 5.32 Å². The Kier molecular flexibility index (Phi) is 4.08. The highest BCUT2D eigenvalue weighted by Gasteiger charge is 2.00. The van der Waals surface area contributed by atoms with E-state index in [-0.39, 0.29) is 0 Å². The van der Waals surface area contributed by atoms with Gasteiger partial charge in [0.15, 0.2) is 0 Å². The molecule has 0 saturated heterocycles. The molecule has 2 aromatic carbocycles. The van der Waals surface area contributed by atoms with Crippen molar-refractivity contribution in [3.8, 4) is 0 Å². The van der Waals surface area contributed by atoms with Crippen LogP contribution >= 0.6 is 27.5 Å². The van der Waals surface area contributed by atoms with Gasteiger partial charge in [-0.05, 0) is 46.6 Å². The summed E-state index contributed by atoms with van der Waals surface area (Å²) in [6.07, 6.45) is 0. The molecule has 0 atom stereocenters. The molecule has 0 aliphatic heterocycles. The van der Waals surface area contributed by atoms with Crippen LogP contribution in [0.1, 0.15) is 11.1 Å². The molecule has 2 aromatic rings. The van der Waals surface area contributed by atoms with Gasteiger partial charge in [-0.25, -0.2) is 0 Å². The van der Waals surface area contributed by atoms with Crippen LogP contribution in [0.5, 0.6) is 0 Å². The number of rotatable bonds is 3. The Morgan fingerprint density at radius 3 is 2.71 bits per heavy atom. The normalized spacial score (nSPS) is 10.3. The van der Waals surface area contributed by atoms with Crippen molar-refractivity contribution in [2.45, 2.75) is 13.5 Å². The highest BCUT2D eigenvalue weighted by molar-refractivity contribution is 9.10. The largest absolute Gasteiger partial charge is 0.380 e. The molecule has 0 radical (unpaired) electrons. The molecule has 0 aromatic heterocycles. The van der Waals surface area contributed by atoms with E-state index in [1.165, 1.54) is 11.1 Å². The number of aryl methyl sites for hydroxylation is 1. The molecule has 0 saturated carbocycles. The third kappa shape index (κ3) is 3.48. The topological polar surface area (TPSA) is 12.0 Å². The van der Waals surface area contributed by atoms with Crippen LogP contribution in [0.3, 0.4) is 0 Å². The van der Waals surface area contributed by atoms with E-state index in [1.807, 2.05) is 18.2 Å². The van der Waals surface area contributed by atoms with Crippen molar-refractivity contribution in [2.75, 3.05) is 5.32 Å². The molecule has 1 nitrogen and oxygen atoms in total. The van der Waals surface area contributed by atoms with E-state index in [9.17, 15) is 0 Å². The fourth-order valence-corrected chi connectivity index (χ4v) is 2.48. The second kappa shape index (κ2) is 5.56. The van der Waals surface area contributed by atoms with Crippen molar-refractivity contribution >= 4 is 33.2 Å². The van der Waals surface area contributed by atoms with Crippen molar-refractivity contribution < 1.29 is 0 Å². The Hall–Kier alpha value is -0.990. The van der Waals surface area contributed by atoms with Crippen molar-refractivity contribution in [2.24, 2.45) is 0 Å². The lowest BCUT2D eigenvalue weighted by Crippen LogP contribution is -2.00. The number of halogens is 2. The lowest BCUT2D eigenvalue weighted by molar-refractivity contribution is 1.14. The average molecular weight is 311 g/mol.